The number of amides is 1. The van der Waals surface area contributed by atoms with Crippen molar-refractivity contribution in [2.24, 2.45) is 5.73 Å². The Morgan fingerprint density at radius 1 is 1.25 bits per heavy atom. The smallest absolute Gasteiger partial charge is 0.252 e. The number of rotatable bonds is 3. The Morgan fingerprint density at radius 2 is 2.05 bits per heavy atom. The molecule has 1 heterocycles. The molecule has 1 aromatic heterocycles. The third kappa shape index (κ3) is 2.34. The van der Waals surface area contributed by atoms with Crippen molar-refractivity contribution in [1.82, 2.24) is 4.98 Å². The van der Waals surface area contributed by atoms with Gasteiger partial charge in [-0.2, -0.15) is 0 Å². The Kier molecular flexibility index (Phi) is 3.10. The predicted molar refractivity (Wildman–Crippen MR) is 74.5 cm³/mol. The van der Waals surface area contributed by atoms with Crippen LogP contribution in [-0.2, 0) is 12.8 Å². The van der Waals surface area contributed by atoms with Crippen LogP contribution in [0, 0.1) is 5.82 Å². The SMILES string of the molecule is NC(=O)c1cc(F)cnc1Nc1ccc2c(c1)CCC2. The van der Waals surface area contributed by atoms with Gasteiger partial charge >= 0.3 is 0 Å². The zero-order valence-corrected chi connectivity index (χ0v) is 10.8. The summed E-state index contributed by atoms with van der Waals surface area (Å²) in [6, 6.07) is 7.13. The van der Waals surface area contributed by atoms with Gasteiger partial charge in [0.05, 0.1) is 11.8 Å². The molecule has 0 saturated carbocycles. The molecule has 1 aromatic carbocycles. The van der Waals surface area contributed by atoms with Crippen LogP contribution in [0.25, 0.3) is 0 Å². The van der Waals surface area contributed by atoms with Crippen LogP contribution in [0.3, 0.4) is 0 Å². The van der Waals surface area contributed by atoms with E-state index in [0.29, 0.717) is 0 Å². The Bertz CT molecular complexity index is 685. The normalized spacial score (nSPS) is 13.1. The summed E-state index contributed by atoms with van der Waals surface area (Å²) in [7, 11) is 0. The third-order valence-electron chi connectivity index (χ3n) is 3.48. The molecule has 3 rings (SSSR count). The van der Waals surface area contributed by atoms with Crippen LogP contribution in [0.1, 0.15) is 27.9 Å². The molecule has 0 unspecified atom stereocenters. The molecule has 1 aliphatic rings. The predicted octanol–water partition coefficient (Wildman–Crippen LogP) is 2.55. The van der Waals surface area contributed by atoms with Crippen LogP contribution in [0.4, 0.5) is 15.9 Å². The number of carbonyl (C=O) groups is 1. The van der Waals surface area contributed by atoms with Crippen LogP contribution in [0.5, 0.6) is 0 Å². The van der Waals surface area contributed by atoms with Crippen molar-refractivity contribution in [1.29, 1.82) is 0 Å². The van der Waals surface area contributed by atoms with Crippen LogP contribution in [0.15, 0.2) is 30.5 Å². The van der Waals surface area contributed by atoms with Crippen molar-refractivity contribution in [3.63, 3.8) is 0 Å². The standard InChI is InChI=1S/C15H14FN3O/c16-11-7-13(14(17)20)15(18-8-11)19-12-5-4-9-2-1-3-10(9)6-12/h4-8H,1-3H2,(H2,17,20)(H,18,19). The Hall–Kier alpha value is -2.43. The molecule has 1 aliphatic carbocycles. The highest BCUT2D eigenvalue weighted by Gasteiger charge is 2.14. The van der Waals surface area contributed by atoms with Crippen LogP contribution >= 0.6 is 0 Å². The highest BCUT2D eigenvalue weighted by Crippen LogP contribution is 2.27. The molecule has 0 atom stereocenters. The summed E-state index contributed by atoms with van der Waals surface area (Å²) < 4.78 is 13.1. The van der Waals surface area contributed by atoms with Crippen LogP contribution in [-0.4, -0.2) is 10.9 Å². The van der Waals surface area contributed by atoms with E-state index in [1.54, 1.807) is 0 Å². The number of pyridine rings is 1. The zero-order chi connectivity index (χ0) is 14.1. The first-order valence-corrected chi connectivity index (χ1v) is 6.47. The summed E-state index contributed by atoms with van der Waals surface area (Å²) in [5, 5.41) is 3.03. The van der Waals surface area contributed by atoms with Crippen molar-refractivity contribution in [2.75, 3.05) is 5.32 Å². The summed E-state index contributed by atoms with van der Waals surface area (Å²) >= 11 is 0. The Balaban J connectivity index is 1.93. The number of nitrogens with one attached hydrogen (secondary N) is 1. The molecule has 0 fully saturated rings. The molecule has 3 N–H and O–H groups in total. The van der Waals surface area contributed by atoms with Gasteiger partial charge in [0.15, 0.2) is 0 Å². The van der Waals surface area contributed by atoms with E-state index >= 15 is 0 Å². The molecule has 0 radical (unpaired) electrons. The number of hydrogen-bond acceptors (Lipinski definition) is 3. The number of halogens is 1. The molecule has 0 bridgehead atoms. The number of aromatic nitrogens is 1. The summed E-state index contributed by atoms with van der Waals surface area (Å²) in [6.45, 7) is 0. The van der Waals surface area contributed by atoms with Gasteiger partial charge in [-0.3, -0.25) is 4.79 Å². The molecule has 0 spiro atoms. The molecule has 2 aromatic rings. The lowest BCUT2D eigenvalue weighted by atomic mass is 10.1. The second-order valence-electron chi connectivity index (χ2n) is 4.88. The van der Waals surface area contributed by atoms with Crippen molar-refractivity contribution < 1.29 is 9.18 Å². The molecule has 0 aliphatic heterocycles. The number of nitrogens with zero attached hydrogens (tertiary/aromatic N) is 1. The lowest BCUT2D eigenvalue weighted by Gasteiger charge is -2.10. The second-order valence-corrected chi connectivity index (χ2v) is 4.88. The number of anilines is 2. The van der Waals surface area contributed by atoms with Crippen molar-refractivity contribution in [3.05, 3.63) is 53.0 Å². The van der Waals surface area contributed by atoms with E-state index in [4.69, 9.17) is 5.73 Å². The minimum Gasteiger partial charge on any atom is -0.365 e. The van der Waals surface area contributed by atoms with Crippen molar-refractivity contribution in [2.45, 2.75) is 19.3 Å². The lowest BCUT2D eigenvalue weighted by molar-refractivity contribution is 0.100. The van der Waals surface area contributed by atoms with E-state index in [0.717, 1.165) is 30.8 Å². The number of nitrogens with two attached hydrogens (primary N) is 1. The Morgan fingerprint density at radius 3 is 2.85 bits per heavy atom. The summed E-state index contributed by atoms with van der Waals surface area (Å²) in [4.78, 5) is 15.2. The van der Waals surface area contributed by atoms with Crippen molar-refractivity contribution >= 4 is 17.4 Å². The van der Waals surface area contributed by atoms with E-state index in [1.165, 1.54) is 17.5 Å². The second kappa shape index (κ2) is 4.92. The first-order chi connectivity index (χ1) is 9.63. The van der Waals surface area contributed by atoms with Gasteiger partial charge in [0.25, 0.3) is 5.91 Å². The lowest BCUT2D eigenvalue weighted by Crippen LogP contribution is -2.14. The summed E-state index contributed by atoms with van der Waals surface area (Å²) in [5.41, 5.74) is 8.78. The van der Waals surface area contributed by atoms with Crippen LogP contribution < -0.4 is 11.1 Å². The number of fused-ring (bicyclic) bond motifs is 1. The number of aryl methyl sites for hydroxylation is 2. The van der Waals surface area contributed by atoms with Gasteiger partial charge in [0, 0.05) is 5.69 Å². The maximum atomic E-state index is 13.1. The van der Waals surface area contributed by atoms with E-state index in [9.17, 15) is 9.18 Å². The van der Waals surface area contributed by atoms with E-state index in [2.05, 4.69) is 16.4 Å². The number of hydrogen-bond donors (Lipinski definition) is 2. The van der Waals surface area contributed by atoms with E-state index in [1.807, 2.05) is 12.1 Å². The first-order valence-electron chi connectivity index (χ1n) is 6.47. The maximum Gasteiger partial charge on any atom is 0.252 e. The van der Waals surface area contributed by atoms with Gasteiger partial charge in [0.2, 0.25) is 0 Å². The van der Waals surface area contributed by atoms with E-state index < -0.39 is 11.7 Å². The minimum atomic E-state index is -0.708. The molecule has 4 nitrogen and oxygen atoms in total. The number of benzene rings is 1. The van der Waals surface area contributed by atoms with Gasteiger partial charge in [-0.15, -0.1) is 0 Å². The summed E-state index contributed by atoms with van der Waals surface area (Å²) in [5.74, 6) is -1.02. The van der Waals surface area contributed by atoms with E-state index in [-0.39, 0.29) is 11.4 Å². The number of primary amides is 1. The van der Waals surface area contributed by atoms with Gasteiger partial charge in [-0.25, -0.2) is 9.37 Å². The molecule has 5 heteroatoms. The maximum absolute atomic E-state index is 13.1. The monoisotopic (exact) mass is 271 g/mol. The quantitative estimate of drug-likeness (QED) is 0.901. The highest BCUT2D eigenvalue weighted by atomic mass is 19.1. The minimum absolute atomic E-state index is 0.0468. The summed E-state index contributed by atoms with van der Waals surface area (Å²) in [6.07, 6.45) is 4.39. The third-order valence-corrected chi connectivity index (χ3v) is 3.48. The molecule has 102 valence electrons. The fourth-order valence-corrected chi connectivity index (χ4v) is 2.51. The first kappa shape index (κ1) is 12.6. The molecular formula is C15H14FN3O. The zero-order valence-electron chi connectivity index (χ0n) is 10.8. The van der Waals surface area contributed by atoms with Gasteiger partial charge in [0.1, 0.15) is 11.6 Å². The van der Waals surface area contributed by atoms with Crippen LogP contribution in [0.2, 0.25) is 0 Å². The molecule has 20 heavy (non-hydrogen) atoms. The fraction of sp³-hybridized carbons (Fsp3) is 0.200. The van der Waals surface area contributed by atoms with Gasteiger partial charge < -0.3 is 11.1 Å². The van der Waals surface area contributed by atoms with Gasteiger partial charge in [-0.05, 0) is 48.6 Å². The average Bonchev–Trinajstić information content (AvgIpc) is 2.88. The molecular weight excluding hydrogens is 257 g/mol. The van der Waals surface area contributed by atoms with Crippen molar-refractivity contribution in [3.8, 4) is 0 Å². The number of carbonyl (C=O) groups excluding carboxylic acids is 1. The largest absolute Gasteiger partial charge is 0.365 e. The van der Waals surface area contributed by atoms with Gasteiger partial charge in [-0.1, -0.05) is 6.07 Å². The fourth-order valence-electron chi connectivity index (χ4n) is 2.51. The average molecular weight is 271 g/mol. The Labute approximate surface area is 115 Å². The molecule has 1 amide bonds. The highest BCUT2D eigenvalue weighted by molar-refractivity contribution is 5.98. The molecule has 0 saturated heterocycles. The topological polar surface area (TPSA) is 68.0 Å².